The first-order chi connectivity index (χ1) is 13.0. The van der Waals surface area contributed by atoms with Crippen LogP contribution in [0.25, 0.3) is 10.9 Å². The van der Waals surface area contributed by atoms with Crippen LogP contribution in [0.1, 0.15) is 45.4 Å². The molecule has 142 valence electrons. The van der Waals surface area contributed by atoms with E-state index in [0.29, 0.717) is 10.9 Å². The number of carbonyl (C=O) groups is 1. The van der Waals surface area contributed by atoms with Gasteiger partial charge in [0, 0.05) is 6.04 Å². The SMILES string of the molecule is C[C@@H](NC(=O)Cn1cnc2ccccc2c1=O)C12CC3CC(CC(C3)C1)C2. The van der Waals surface area contributed by atoms with Gasteiger partial charge in [-0.3, -0.25) is 14.2 Å². The third-order valence-electron chi connectivity index (χ3n) is 7.43. The number of benzene rings is 1. The van der Waals surface area contributed by atoms with E-state index >= 15 is 0 Å². The number of amides is 1. The fourth-order valence-corrected chi connectivity index (χ4v) is 6.52. The Hall–Kier alpha value is -2.17. The molecule has 1 atom stereocenters. The molecular formula is C22H27N3O2. The average molecular weight is 365 g/mol. The van der Waals surface area contributed by atoms with Gasteiger partial charge in [-0.1, -0.05) is 12.1 Å². The number of para-hydroxylation sites is 1. The normalized spacial score (nSPS) is 32.6. The molecule has 1 aromatic heterocycles. The lowest BCUT2D eigenvalue weighted by molar-refractivity contribution is -0.126. The molecule has 4 bridgehead atoms. The van der Waals surface area contributed by atoms with E-state index in [4.69, 9.17) is 0 Å². The summed E-state index contributed by atoms with van der Waals surface area (Å²) in [6.45, 7) is 2.21. The highest BCUT2D eigenvalue weighted by molar-refractivity contribution is 5.79. The Labute approximate surface area is 159 Å². The molecule has 1 N–H and O–H groups in total. The predicted octanol–water partition coefficient (Wildman–Crippen LogP) is 3.12. The Balaban J connectivity index is 1.31. The Morgan fingerprint density at radius 2 is 1.81 bits per heavy atom. The number of aromatic nitrogens is 2. The lowest BCUT2D eigenvalue weighted by Gasteiger charge is -2.59. The van der Waals surface area contributed by atoms with Gasteiger partial charge in [-0.05, 0) is 80.8 Å². The molecule has 5 nitrogen and oxygen atoms in total. The number of carbonyl (C=O) groups excluding carboxylic acids is 1. The van der Waals surface area contributed by atoms with Gasteiger partial charge in [0.15, 0.2) is 0 Å². The molecule has 4 aliphatic carbocycles. The number of hydrogen-bond donors (Lipinski definition) is 1. The van der Waals surface area contributed by atoms with Crippen molar-refractivity contribution in [3.8, 4) is 0 Å². The van der Waals surface area contributed by atoms with Gasteiger partial charge >= 0.3 is 0 Å². The van der Waals surface area contributed by atoms with Crippen molar-refractivity contribution in [3.05, 3.63) is 40.9 Å². The molecule has 27 heavy (non-hydrogen) atoms. The molecule has 0 saturated heterocycles. The molecule has 2 aromatic rings. The highest BCUT2D eigenvalue weighted by atomic mass is 16.2. The smallest absolute Gasteiger partial charge is 0.261 e. The summed E-state index contributed by atoms with van der Waals surface area (Å²) >= 11 is 0. The zero-order valence-electron chi connectivity index (χ0n) is 15.9. The number of nitrogens with zero attached hydrogens (tertiary/aromatic N) is 2. The van der Waals surface area contributed by atoms with E-state index in [9.17, 15) is 9.59 Å². The summed E-state index contributed by atoms with van der Waals surface area (Å²) in [4.78, 5) is 29.6. The van der Waals surface area contributed by atoms with Crippen molar-refractivity contribution >= 4 is 16.8 Å². The van der Waals surface area contributed by atoms with E-state index in [1.165, 1.54) is 49.4 Å². The van der Waals surface area contributed by atoms with E-state index in [2.05, 4.69) is 17.2 Å². The first-order valence-corrected chi connectivity index (χ1v) is 10.3. The maximum absolute atomic E-state index is 12.7. The third kappa shape index (κ3) is 2.88. The first-order valence-electron chi connectivity index (χ1n) is 10.3. The van der Waals surface area contributed by atoms with Gasteiger partial charge in [0.2, 0.25) is 5.91 Å². The number of rotatable bonds is 4. The molecule has 6 rings (SSSR count). The minimum absolute atomic E-state index is 0.0351. The summed E-state index contributed by atoms with van der Waals surface area (Å²) in [7, 11) is 0. The lowest BCUT2D eigenvalue weighted by Crippen LogP contribution is -2.56. The van der Waals surface area contributed by atoms with E-state index in [1.54, 1.807) is 6.07 Å². The van der Waals surface area contributed by atoms with E-state index in [1.807, 2.05) is 18.2 Å². The Morgan fingerprint density at radius 3 is 2.48 bits per heavy atom. The highest BCUT2D eigenvalue weighted by Crippen LogP contribution is 2.61. The second-order valence-electron chi connectivity index (χ2n) is 9.26. The second kappa shape index (κ2) is 6.18. The van der Waals surface area contributed by atoms with Crippen LogP contribution >= 0.6 is 0 Å². The number of hydrogen-bond acceptors (Lipinski definition) is 3. The molecule has 0 radical (unpaired) electrons. The quantitative estimate of drug-likeness (QED) is 0.905. The molecular weight excluding hydrogens is 338 g/mol. The summed E-state index contributed by atoms with van der Waals surface area (Å²) in [5.74, 6) is 2.51. The summed E-state index contributed by atoms with van der Waals surface area (Å²) in [5.41, 5.74) is 0.788. The van der Waals surface area contributed by atoms with Crippen molar-refractivity contribution in [2.24, 2.45) is 23.2 Å². The highest BCUT2D eigenvalue weighted by Gasteiger charge is 2.53. The topological polar surface area (TPSA) is 64.0 Å². The molecule has 0 spiro atoms. The molecule has 1 aromatic carbocycles. The van der Waals surface area contributed by atoms with Crippen molar-refractivity contribution in [2.75, 3.05) is 0 Å². The zero-order chi connectivity index (χ0) is 18.6. The summed E-state index contributed by atoms with van der Waals surface area (Å²) in [6.07, 6.45) is 9.47. The molecule has 0 aliphatic heterocycles. The Kier molecular flexibility index (Phi) is 3.88. The van der Waals surface area contributed by atoms with Crippen LogP contribution in [-0.4, -0.2) is 21.5 Å². The van der Waals surface area contributed by atoms with Crippen LogP contribution in [0.3, 0.4) is 0 Å². The van der Waals surface area contributed by atoms with Crippen LogP contribution in [0.2, 0.25) is 0 Å². The van der Waals surface area contributed by atoms with Crippen LogP contribution in [0.4, 0.5) is 0 Å². The monoisotopic (exact) mass is 365 g/mol. The maximum Gasteiger partial charge on any atom is 0.261 e. The molecule has 5 heteroatoms. The van der Waals surface area contributed by atoms with Gasteiger partial charge < -0.3 is 5.32 Å². The van der Waals surface area contributed by atoms with E-state index in [0.717, 1.165) is 17.8 Å². The molecule has 1 amide bonds. The first kappa shape index (κ1) is 17.0. The summed E-state index contributed by atoms with van der Waals surface area (Å²) < 4.78 is 1.42. The molecule has 0 unspecified atom stereocenters. The Bertz CT molecular complexity index is 913. The standard InChI is InChI=1S/C22H27N3O2/c1-14(22-9-15-6-16(10-22)8-17(7-15)11-22)24-20(26)12-25-13-23-19-5-3-2-4-18(19)21(25)27/h2-5,13-17H,6-12H2,1H3,(H,24,26)/t14-,15?,16?,17?,22?/m1/s1. The van der Waals surface area contributed by atoms with Crippen molar-refractivity contribution in [1.29, 1.82) is 0 Å². The summed E-state index contributed by atoms with van der Waals surface area (Å²) in [5, 5.41) is 3.79. The minimum atomic E-state index is -0.154. The lowest BCUT2D eigenvalue weighted by atomic mass is 9.48. The van der Waals surface area contributed by atoms with Crippen LogP contribution in [0.5, 0.6) is 0 Å². The third-order valence-corrected chi connectivity index (χ3v) is 7.43. The second-order valence-corrected chi connectivity index (χ2v) is 9.26. The number of nitrogens with one attached hydrogen (secondary N) is 1. The van der Waals surface area contributed by atoms with Gasteiger partial charge in [-0.2, -0.15) is 0 Å². The Morgan fingerprint density at radius 1 is 1.19 bits per heavy atom. The van der Waals surface area contributed by atoms with E-state index < -0.39 is 0 Å². The van der Waals surface area contributed by atoms with Crippen LogP contribution in [-0.2, 0) is 11.3 Å². The molecule has 4 saturated carbocycles. The molecule has 1 heterocycles. The van der Waals surface area contributed by atoms with Crippen molar-refractivity contribution in [1.82, 2.24) is 14.9 Å². The van der Waals surface area contributed by atoms with Crippen LogP contribution in [0, 0.1) is 23.2 Å². The molecule has 4 fully saturated rings. The predicted molar refractivity (Wildman–Crippen MR) is 104 cm³/mol. The fourth-order valence-electron chi connectivity index (χ4n) is 6.52. The van der Waals surface area contributed by atoms with Crippen molar-refractivity contribution in [2.45, 2.75) is 58.0 Å². The van der Waals surface area contributed by atoms with E-state index in [-0.39, 0.29) is 29.5 Å². The van der Waals surface area contributed by atoms with Gasteiger partial charge in [-0.25, -0.2) is 4.98 Å². The van der Waals surface area contributed by atoms with Gasteiger partial charge in [0.05, 0.1) is 17.2 Å². The van der Waals surface area contributed by atoms with Gasteiger partial charge in [0.1, 0.15) is 6.54 Å². The average Bonchev–Trinajstić information content (AvgIpc) is 2.63. The minimum Gasteiger partial charge on any atom is -0.352 e. The summed E-state index contributed by atoms with van der Waals surface area (Å²) in [6, 6.07) is 7.43. The maximum atomic E-state index is 12.7. The largest absolute Gasteiger partial charge is 0.352 e. The van der Waals surface area contributed by atoms with Gasteiger partial charge in [0.25, 0.3) is 5.56 Å². The van der Waals surface area contributed by atoms with Crippen molar-refractivity contribution in [3.63, 3.8) is 0 Å². The fraction of sp³-hybridized carbons (Fsp3) is 0.591. The van der Waals surface area contributed by atoms with Gasteiger partial charge in [-0.15, -0.1) is 0 Å². The van der Waals surface area contributed by atoms with Crippen LogP contribution < -0.4 is 10.9 Å². The molecule has 4 aliphatic rings. The van der Waals surface area contributed by atoms with Crippen molar-refractivity contribution < 1.29 is 4.79 Å². The zero-order valence-corrected chi connectivity index (χ0v) is 15.9. The van der Waals surface area contributed by atoms with Crippen LogP contribution in [0.15, 0.2) is 35.4 Å². The number of fused-ring (bicyclic) bond motifs is 1.